The Morgan fingerprint density at radius 2 is 1.90 bits per heavy atom. The molecule has 1 N–H and O–H groups in total. The molecular formula is C22H27Cl2N3O2. The Labute approximate surface area is 183 Å². The Kier molecular flexibility index (Phi) is 7.78. The number of carbonyl (C=O) groups is 1. The summed E-state index contributed by atoms with van der Waals surface area (Å²) in [7, 11) is 0. The van der Waals surface area contributed by atoms with Crippen LogP contribution in [-0.2, 0) is 6.61 Å². The summed E-state index contributed by atoms with van der Waals surface area (Å²) >= 11 is 6.02. The summed E-state index contributed by atoms with van der Waals surface area (Å²) in [6, 6.07) is 15.6. The van der Waals surface area contributed by atoms with Crippen LogP contribution in [0.15, 0.2) is 48.5 Å². The molecular weight excluding hydrogens is 409 g/mol. The standard InChI is InChI=1S/C22H26ClN3O2.ClH/c23-19-5-1-3-17(13-19)16-28-21-6-2-4-18(14-21)22(27)26-10-7-20(15-26)25-11-8-24-9-12-25;/h1-6,13-14,20,24H,7-12,15-16H2;1H. The largest absolute Gasteiger partial charge is 0.489 e. The van der Waals surface area contributed by atoms with Gasteiger partial charge in [0, 0.05) is 55.9 Å². The first-order chi connectivity index (χ1) is 13.7. The van der Waals surface area contributed by atoms with Crippen molar-refractivity contribution in [2.45, 2.75) is 19.1 Å². The van der Waals surface area contributed by atoms with E-state index in [9.17, 15) is 4.79 Å². The predicted molar refractivity (Wildman–Crippen MR) is 118 cm³/mol. The second-order valence-corrected chi connectivity index (χ2v) is 7.86. The number of likely N-dealkylation sites (tertiary alicyclic amines) is 1. The van der Waals surface area contributed by atoms with Gasteiger partial charge in [0.1, 0.15) is 12.4 Å². The minimum Gasteiger partial charge on any atom is -0.489 e. The highest BCUT2D eigenvalue weighted by atomic mass is 35.5. The van der Waals surface area contributed by atoms with Gasteiger partial charge < -0.3 is 15.0 Å². The number of piperazine rings is 1. The fourth-order valence-corrected chi connectivity index (χ4v) is 4.18. The van der Waals surface area contributed by atoms with Crippen molar-refractivity contribution in [3.8, 4) is 5.75 Å². The maximum atomic E-state index is 13.0. The lowest BCUT2D eigenvalue weighted by molar-refractivity contribution is 0.0773. The molecule has 2 saturated heterocycles. The first kappa shape index (κ1) is 21.9. The van der Waals surface area contributed by atoms with Gasteiger partial charge in [-0.3, -0.25) is 9.69 Å². The van der Waals surface area contributed by atoms with Gasteiger partial charge in [0.05, 0.1) is 0 Å². The Balaban J connectivity index is 0.00000240. The summed E-state index contributed by atoms with van der Waals surface area (Å²) < 4.78 is 5.87. The Morgan fingerprint density at radius 1 is 1.10 bits per heavy atom. The number of hydrogen-bond donors (Lipinski definition) is 1. The first-order valence-corrected chi connectivity index (χ1v) is 10.3. The zero-order valence-electron chi connectivity index (χ0n) is 16.4. The topological polar surface area (TPSA) is 44.8 Å². The van der Waals surface area contributed by atoms with Crippen LogP contribution in [0.25, 0.3) is 0 Å². The van der Waals surface area contributed by atoms with Crippen molar-refractivity contribution in [3.05, 3.63) is 64.7 Å². The third kappa shape index (κ3) is 5.64. The molecule has 2 aromatic carbocycles. The van der Waals surface area contributed by atoms with Gasteiger partial charge in [-0.05, 0) is 42.3 Å². The highest BCUT2D eigenvalue weighted by Gasteiger charge is 2.31. The Bertz CT molecular complexity index is 827. The summed E-state index contributed by atoms with van der Waals surface area (Å²) in [5.74, 6) is 0.787. The van der Waals surface area contributed by atoms with Crippen molar-refractivity contribution in [1.29, 1.82) is 0 Å². The molecule has 2 aliphatic rings. The van der Waals surface area contributed by atoms with Gasteiger partial charge in [-0.1, -0.05) is 29.8 Å². The van der Waals surface area contributed by atoms with Crippen LogP contribution < -0.4 is 10.1 Å². The molecule has 1 unspecified atom stereocenters. The molecule has 29 heavy (non-hydrogen) atoms. The van der Waals surface area contributed by atoms with Gasteiger partial charge in [-0.15, -0.1) is 12.4 Å². The summed E-state index contributed by atoms with van der Waals surface area (Å²) in [4.78, 5) is 17.5. The summed E-state index contributed by atoms with van der Waals surface area (Å²) in [5, 5.41) is 4.08. The smallest absolute Gasteiger partial charge is 0.254 e. The molecule has 1 atom stereocenters. The Hall–Kier alpha value is -1.79. The van der Waals surface area contributed by atoms with Gasteiger partial charge >= 0.3 is 0 Å². The highest BCUT2D eigenvalue weighted by molar-refractivity contribution is 6.30. The van der Waals surface area contributed by atoms with E-state index in [1.54, 1.807) is 0 Å². The number of benzene rings is 2. The lowest BCUT2D eigenvalue weighted by Crippen LogP contribution is -2.49. The van der Waals surface area contributed by atoms with E-state index >= 15 is 0 Å². The van der Waals surface area contributed by atoms with Gasteiger partial charge in [0.25, 0.3) is 5.91 Å². The molecule has 1 amide bonds. The normalized spacial score (nSPS) is 19.6. The summed E-state index contributed by atoms with van der Waals surface area (Å²) in [5.41, 5.74) is 1.69. The van der Waals surface area contributed by atoms with Crippen LogP contribution in [-0.4, -0.2) is 61.0 Å². The van der Waals surface area contributed by atoms with E-state index < -0.39 is 0 Å². The van der Waals surface area contributed by atoms with E-state index in [2.05, 4.69) is 10.2 Å². The second kappa shape index (κ2) is 10.3. The van der Waals surface area contributed by atoms with Gasteiger partial charge in [0.2, 0.25) is 0 Å². The highest BCUT2D eigenvalue weighted by Crippen LogP contribution is 2.22. The van der Waals surface area contributed by atoms with Crippen molar-refractivity contribution in [2.24, 2.45) is 0 Å². The molecule has 7 heteroatoms. The number of nitrogens with zero attached hydrogens (tertiary/aromatic N) is 2. The van der Waals surface area contributed by atoms with E-state index in [0.717, 1.165) is 51.3 Å². The van der Waals surface area contributed by atoms with Crippen LogP contribution in [0.5, 0.6) is 5.75 Å². The van der Waals surface area contributed by atoms with Gasteiger partial charge in [0.15, 0.2) is 0 Å². The van der Waals surface area contributed by atoms with Crippen molar-refractivity contribution in [3.63, 3.8) is 0 Å². The molecule has 0 radical (unpaired) electrons. The van der Waals surface area contributed by atoms with E-state index in [1.807, 2.05) is 53.4 Å². The lowest BCUT2D eigenvalue weighted by atomic mass is 10.2. The van der Waals surface area contributed by atoms with E-state index in [0.29, 0.717) is 29.0 Å². The van der Waals surface area contributed by atoms with Crippen molar-refractivity contribution in [2.75, 3.05) is 39.3 Å². The number of halogens is 2. The molecule has 156 valence electrons. The number of rotatable bonds is 5. The molecule has 0 spiro atoms. The molecule has 5 nitrogen and oxygen atoms in total. The first-order valence-electron chi connectivity index (χ1n) is 9.90. The van der Waals surface area contributed by atoms with E-state index in [4.69, 9.17) is 16.3 Å². The monoisotopic (exact) mass is 435 g/mol. The minimum atomic E-state index is 0. The van der Waals surface area contributed by atoms with Crippen LogP contribution in [0.2, 0.25) is 5.02 Å². The molecule has 2 fully saturated rings. The number of hydrogen-bond acceptors (Lipinski definition) is 4. The molecule has 4 rings (SSSR count). The van der Waals surface area contributed by atoms with Crippen LogP contribution in [0.3, 0.4) is 0 Å². The zero-order chi connectivity index (χ0) is 19.3. The number of amides is 1. The van der Waals surface area contributed by atoms with Crippen LogP contribution in [0, 0.1) is 0 Å². The van der Waals surface area contributed by atoms with Crippen LogP contribution >= 0.6 is 24.0 Å². The number of nitrogens with one attached hydrogen (secondary N) is 1. The molecule has 0 aromatic heterocycles. The van der Waals surface area contributed by atoms with E-state index in [-0.39, 0.29) is 18.3 Å². The third-order valence-corrected chi connectivity index (χ3v) is 5.73. The number of carbonyl (C=O) groups excluding carboxylic acids is 1. The minimum absolute atomic E-state index is 0. The molecule has 2 aliphatic heterocycles. The van der Waals surface area contributed by atoms with Crippen molar-refractivity contribution >= 4 is 29.9 Å². The maximum absolute atomic E-state index is 13.0. The van der Waals surface area contributed by atoms with Crippen LogP contribution in [0.1, 0.15) is 22.3 Å². The second-order valence-electron chi connectivity index (χ2n) is 7.43. The molecule has 2 heterocycles. The fourth-order valence-electron chi connectivity index (χ4n) is 3.97. The molecule has 2 aromatic rings. The average molecular weight is 436 g/mol. The SMILES string of the molecule is Cl.O=C(c1cccc(OCc2cccc(Cl)c2)c1)N1CCC(N2CCNCC2)C1. The molecule has 0 aliphatic carbocycles. The summed E-state index contributed by atoms with van der Waals surface area (Å²) in [6.07, 6.45) is 1.05. The van der Waals surface area contributed by atoms with Crippen molar-refractivity contribution in [1.82, 2.24) is 15.1 Å². The fraction of sp³-hybridized carbons (Fsp3) is 0.409. The van der Waals surface area contributed by atoms with Crippen LogP contribution in [0.4, 0.5) is 0 Å². The third-order valence-electron chi connectivity index (χ3n) is 5.49. The van der Waals surface area contributed by atoms with E-state index in [1.165, 1.54) is 0 Å². The average Bonchev–Trinajstić information content (AvgIpc) is 3.23. The number of ether oxygens (including phenoxy) is 1. The zero-order valence-corrected chi connectivity index (χ0v) is 17.9. The summed E-state index contributed by atoms with van der Waals surface area (Å²) in [6.45, 7) is 6.27. The molecule has 0 saturated carbocycles. The molecule has 0 bridgehead atoms. The lowest BCUT2D eigenvalue weighted by Gasteiger charge is -2.32. The van der Waals surface area contributed by atoms with Crippen molar-refractivity contribution < 1.29 is 9.53 Å². The quantitative estimate of drug-likeness (QED) is 0.780. The van der Waals surface area contributed by atoms with Gasteiger partial charge in [-0.25, -0.2) is 0 Å². The maximum Gasteiger partial charge on any atom is 0.254 e. The van der Waals surface area contributed by atoms with Gasteiger partial charge in [-0.2, -0.15) is 0 Å². The Morgan fingerprint density at radius 3 is 2.69 bits per heavy atom. The predicted octanol–water partition coefficient (Wildman–Crippen LogP) is 3.46.